The third-order valence-corrected chi connectivity index (χ3v) is 8.48. The Morgan fingerprint density at radius 3 is 1.80 bits per heavy atom. The van der Waals surface area contributed by atoms with Crippen LogP contribution in [-0.4, -0.2) is 69.3 Å². The highest BCUT2D eigenvalue weighted by Gasteiger charge is 2.17. The summed E-state index contributed by atoms with van der Waals surface area (Å²) < 4.78 is 12.1. The number of nitrogens with one attached hydrogen (secondary N) is 2. The number of H-pyrrole nitrogens is 2. The number of rotatable bonds is 12. The maximum absolute atomic E-state index is 12.8. The highest BCUT2D eigenvalue weighted by Crippen LogP contribution is 2.27. The summed E-state index contributed by atoms with van der Waals surface area (Å²) in [6.07, 6.45) is 5.42. The number of carbonyl (C=O) groups is 2. The molecule has 0 aliphatic rings. The quantitative estimate of drug-likeness (QED) is 0.132. The summed E-state index contributed by atoms with van der Waals surface area (Å²) in [5.41, 5.74) is 5.24. The van der Waals surface area contributed by atoms with Crippen molar-refractivity contribution < 1.29 is 19.1 Å². The van der Waals surface area contributed by atoms with E-state index in [-0.39, 0.29) is 11.8 Å². The zero-order chi connectivity index (χ0) is 34.8. The van der Waals surface area contributed by atoms with Crippen molar-refractivity contribution in [2.24, 2.45) is 0 Å². The van der Waals surface area contributed by atoms with E-state index >= 15 is 0 Å². The maximum Gasteiger partial charge on any atom is 0.254 e. The fourth-order valence-corrected chi connectivity index (χ4v) is 5.68. The molecule has 10 nitrogen and oxygen atoms in total. The molecule has 11 heteroatoms. The third kappa shape index (κ3) is 8.85. The van der Waals surface area contributed by atoms with Gasteiger partial charge in [-0.25, -0.2) is 0 Å². The number of fused-ring (bicyclic) bond motifs is 2. The third-order valence-electron chi connectivity index (χ3n) is 7.83. The Morgan fingerprint density at radius 2 is 1.22 bits per heavy atom. The SMILES string of the molecule is CCCOc1cc(C(=O)N(C)Cc2cccc3cn[nH]c23)ccc1Br.CCCOc1cccc(C(=O)N(C)Cc2cccc3cn[nH]c23)c1. The number of halogens is 1. The van der Waals surface area contributed by atoms with Gasteiger partial charge in [0.05, 0.1) is 41.1 Å². The molecule has 0 aliphatic carbocycles. The molecule has 6 aromatic rings. The van der Waals surface area contributed by atoms with E-state index in [1.54, 1.807) is 54.5 Å². The lowest BCUT2D eigenvalue weighted by molar-refractivity contribution is 0.0778. The molecule has 6 rings (SSSR count). The largest absolute Gasteiger partial charge is 0.494 e. The van der Waals surface area contributed by atoms with Gasteiger partial charge in [0.2, 0.25) is 0 Å². The number of amides is 2. The van der Waals surface area contributed by atoms with E-state index in [2.05, 4.69) is 43.2 Å². The summed E-state index contributed by atoms with van der Waals surface area (Å²) >= 11 is 3.46. The number of nitrogens with zero attached hydrogens (tertiary/aromatic N) is 4. The molecular formula is C38H41BrN6O4. The number of carbonyl (C=O) groups excluding carboxylic acids is 2. The van der Waals surface area contributed by atoms with Crippen LogP contribution in [0.3, 0.4) is 0 Å². The first-order valence-corrected chi connectivity index (χ1v) is 17.1. The van der Waals surface area contributed by atoms with Crippen molar-refractivity contribution in [1.29, 1.82) is 0 Å². The number of hydrogen-bond acceptors (Lipinski definition) is 6. The van der Waals surface area contributed by atoms with Gasteiger partial charge in [-0.3, -0.25) is 19.8 Å². The Kier molecular flexibility index (Phi) is 12.0. The standard InChI is InChI=1S/C19H20BrN3O2.C19H21N3O2/c1-3-9-25-17-10-13(7-8-16(17)20)19(24)23(2)12-15-6-4-5-14-11-21-22-18(14)15;1-3-10-24-17-9-5-6-14(11-17)19(23)22(2)13-16-8-4-7-15-12-20-21-18(15)16/h4-8,10-11H,3,9,12H2,1-2H3,(H,21,22);4-9,11-12H,3,10,13H2,1-2H3,(H,20,21). The lowest BCUT2D eigenvalue weighted by Crippen LogP contribution is -2.26. The van der Waals surface area contributed by atoms with Crippen LogP contribution in [0.15, 0.2) is 95.7 Å². The molecule has 0 aliphatic heterocycles. The van der Waals surface area contributed by atoms with Crippen LogP contribution in [0.2, 0.25) is 0 Å². The Hall–Kier alpha value is -5.16. The van der Waals surface area contributed by atoms with Crippen LogP contribution >= 0.6 is 15.9 Å². The molecule has 0 saturated heterocycles. The number of hydrogen-bond donors (Lipinski definition) is 2. The normalized spacial score (nSPS) is 10.8. The van der Waals surface area contributed by atoms with Gasteiger partial charge in [0.1, 0.15) is 11.5 Å². The molecule has 0 bridgehead atoms. The molecule has 2 aromatic heterocycles. The van der Waals surface area contributed by atoms with E-state index in [1.807, 2.05) is 67.6 Å². The minimum Gasteiger partial charge on any atom is -0.494 e. The lowest BCUT2D eigenvalue weighted by atomic mass is 10.1. The molecule has 0 fully saturated rings. The summed E-state index contributed by atoms with van der Waals surface area (Å²) in [6.45, 7) is 6.38. The van der Waals surface area contributed by atoms with Crippen LogP contribution in [0.4, 0.5) is 0 Å². The molecule has 4 aromatic carbocycles. The highest BCUT2D eigenvalue weighted by molar-refractivity contribution is 9.10. The smallest absolute Gasteiger partial charge is 0.254 e. The first kappa shape index (κ1) is 35.2. The zero-order valence-corrected chi connectivity index (χ0v) is 29.8. The first-order chi connectivity index (χ1) is 23.8. The molecular weight excluding hydrogens is 684 g/mol. The van der Waals surface area contributed by atoms with Gasteiger partial charge >= 0.3 is 0 Å². The van der Waals surface area contributed by atoms with Gasteiger partial charge < -0.3 is 19.3 Å². The molecule has 0 atom stereocenters. The maximum atomic E-state index is 12.8. The highest BCUT2D eigenvalue weighted by atomic mass is 79.9. The van der Waals surface area contributed by atoms with Gasteiger partial charge in [-0.05, 0) is 76.3 Å². The van der Waals surface area contributed by atoms with E-state index in [9.17, 15) is 9.59 Å². The van der Waals surface area contributed by atoms with E-state index in [0.717, 1.165) is 56.0 Å². The molecule has 49 heavy (non-hydrogen) atoms. The Bertz CT molecular complexity index is 2020. The molecule has 2 amide bonds. The van der Waals surface area contributed by atoms with Crippen molar-refractivity contribution in [3.05, 3.63) is 118 Å². The van der Waals surface area contributed by atoms with Crippen molar-refractivity contribution in [3.8, 4) is 11.5 Å². The van der Waals surface area contributed by atoms with Crippen LogP contribution in [0.1, 0.15) is 58.5 Å². The van der Waals surface area contributed by atoms with Gasteiger partial charge in [-0.2, -0.15) is 10.2 Å². The average molecular weight is 726 g/mol. The van der Waals surface area contributed by atoms with Crippen LogP contribution in [-0.2, 0) is 13.1 Å². The zero-order valence-electron chi connectivity index (χ0n) is 28.2. The Balaban J connectivity index is 0.000000191. The minimum atomic E-state index is -0.0506. The number of benzene rings is 4. The van der Waals surface area contributed by atoms with Crippen molar-refractivity contribution in [2.75, 3.05) is 27.3 Å². The number of ether oxygens (including phenoxy) is 2. The number of aromatic amines is 2. The van der Waals surface area contributed by atoms with E-state index in [4.69, 9.17) is 9.47 Å². The predicted octanol–water partition coefficient (Wildman–Crippen LogP) is 8.01. The van der Waals surface area contributed by atoms with E-state index in [1.165, 1.54) is 0 Å². The lowest BCUT2D eigenvalue weighted by Gasteiger charge is -2.18. The molecule has 0 saturated carbocycles. The molecule has 0 radical (unpaired) electrons. The van der Waals surface area contributed by atoms with Gasteiger partial charge in [0.25, 0.3) is 11.8 Å². The monoisotopic (exact) mass is 724 g/mol. The van der Waals surface area contributed by atoms with Crippen LogP contribution < -0.4 is 9.47 Å². The summed E-state index contributed by atoms with van der Waals surface area (Å²) in [4.78, 5) is 28.9. The molecule has 0 unspecified atom stereocenters. The molecule has 254 valence electrons. The van der Waals surface area contributed by atoms with E-state index < -0.39 is 0 Å². The van der Waals surface area contributed by atoms with Gasteiger partial charge in [-0.15, -0.1) is 0 Å². The minimum absolute atomic E-state index is 0.0338. The van der Waals surface area contributed by atoms with Crippen molar-refractivity contribution in [3.63, 3.8) is 0 Å². The Morgan fingerprint density at radius 1 is 0.694 bits per heavy atom. The fourth-order valence-electron chi connectivity index (χ4n) is 5.32. The predicted molar refractivity (Wildman–Crippen MR) is 196 cm³/mol. The van der Waals surface area contributed by atoms with Gasteiger partial charge in [0, 0.05) is 49.1 Å². The number of aromatic nitrogens is 4. The second-order valence-electron chi connectivity index (χ2n) is 11.7. The van der Waals surface area contributed by atoms with Crippen molar-refractivity contribution in [1.82, 2.24) is 30.2 Å². The molecule has 2 N–H and O–H groups in total. The van der Waals surface area contributed by atoms with Crippen molar-refractivity contribution >= 4 is 49.6 Å². The second kappa shape index (κ2) is 16.8. The summed E-state index contributed by atoms with van der Waals surface area (Å²) in [5, 5.41) is 16.2. The average Bonchev–Trinajstić information content (AvgIpc) is 3.81. The topological polar surface area (TPSA) is 116 Å². The fraction of sp³-hybridized carbons (Fsp3) is 0.263. The summed E-state index contributed by atoms with van der Waals surface area (Å²) in [7, 11) is 3.60. The molecule has 0 spiro atoms. The van der Waals surface area contributed by atoms with Crippen LogP contribution in [0.5, 0.6) is 11.5 Å². The van der Waals surface area contributed by atoms with Gasteiger partial charge in [0.15, 0.2) is 0 Å². The van der Waals surface area contributed by atoms with Crippen LogP contribution in [0, 0.1) is 0 Å². The number of para-hydroxylation sites is 2. The van der Waals surface area contributed by atoms with Gasteiger partial charge in [-0.1, -0.05) is 56.3 Å². The Labute approximate surface area is 294 Å². The van der Waals surface area contributed by atoms with Crippen LogP contribution in [0.25, 0.3) is 21.8 Å². The van der Waals surface area contributed by atoms with Crippen molar-refractivity contribution in [2.45, 2.75) is 39.8 Å². The van der Waals surface area contributed by atoms with E-state index in [0.29, 0.717) is 43.2 Å². The molecule has 2 heterocycles. The summed E-state index contributed by atoms with van der Waals surface area (Å²) in [6, 6.07) is 24.7. The summed E-state index contributed by atoms with van der Waals surface area (Å²) in [5.74, 6) is 1.34. The second-order valence-corrected chi connectivity index (χ2v) is 12.5. The first-order valence-electron chi connectivity index (χ1n) is 16.3.